The molecule has 0 aromatic rings. The van der Waals surface area contributed by atoms with Crippen molar-refractivity contribution >= 4 is 83.2 Å². The molecular formula is CaFeSrZn. The van der Waals surface area contributed by atoms with Gasteiger partial charge in [-0.1, -0.05) is 0 Å². The fraction of sp³-hybridized carbons (Fsp3) is 0. The molecule has 14 valence electrons. The molecule has 0 spiro atoms. The molecule has 0 bridgehead atoms. The van der Waals surface area contributed by atoms with Gasteiger partial charge in [-0.15, -0.1) is 0 Å². The van der Waals surface area contributed by atoms with E-state index in [1.807, 2.05) is 0 Å². The Hall–Kier alpha value is 3.88. The number of hydrogen-bond acceptors (Lipinski definition) is 0. The van der Waals surface area contributed by atoms with Gasteiger partial charge in [-0.25, -0.2) is 0 Å². The molecule has 0 unspecified atom stereocenters. The van der Waals surface area contributed by atoms with E-state index in [1.54, 1.807) is 0 Å². The van der Waals surface area contributed by atoms with Crippen LogP contribution in [-0.4, -0.2) is 83.2 Å². The Bertz CT molecular complexity index is 8.00. The summed E-state index contributed by atoms with van der Waals surface area (Å²) < 4.78 is 0. The van der Waals surface area contributed by atoms with Crippen LogP contribution in [-0.2, 0) is 36.5 Å². The standard InChI is InChI=1S/Ca.Fe.Sr.Zn. The fourth-order valence-corrected chi connectivity index (χ4v) is 0. The summed E-state index contributed by atoms with van der Waals surface area (Å²) in [5, 5.41) is 0. The molecule has 0 aliphatic rings. The first-order valence-electron chi connectivity index (χ1n) is 0. The average Bonchev–Trinajstić information content (AvgIpc) is 0. The number of hydrogen-bond donors (Lipinski definition) is 0. The van der Waals surface area contributed by atoms with E-state index >= 15 is 0 Å². The maximum atomic E-state index is 0. The van der Waals surface area contributed by atoms with E-state index in [0.717, 1.165) is 0 Å². The van der Waals surface area contributed by atoms with Crippen LogP contribution in [0, 0.1) is 0 Å². The first-order valence-corrected chi connectivity index (χ1v) is 0. The van der Waals surface area contributed by atoms with Gasteiger partial charge in [0.15, 0.2) is 0 Å². The molecular weight excluding hydrogens is 249 g/mol. The van der Waals surface area contributed by atoms with Crippen molar-refractivity contribution in [2.75, 3.05) is 0 Å². The molecule has 0 amide bonds. The van der Waals surface area contributed by atoms with Crippen LogP contribution in [0.5, 0.6) is 0 Å². The molecule has 4 heteroatoms. The molecule has 4 radical (unpaired) electrons. The van der Waals surface area contributed by atoms with Crippen LogP contribution in [0.3, 0.4) is 0 Å². The molecule has 0 aromatic heterocycles. The summed E-state index contributed by atoms with van der Waals surface area (Å²) in [4.78, 5) is 0. The summed E-state index contributed by atoms with van der Waals surface area (Å²) in [5.41, 5.74) is 0. The van der Waals surface area contributed by atoms with Gasteiger partial charge in [0.25, 0.3) is 0 Å². The molecule has 0 nitrogen and oxygen atoms in total. The zero-order chi connectivity index (χ0) is 0. The van der Waals surface area contributed by atoms with Crippen molar-refractivity contribution in [3.63, 3.8) is 0 Å². The van der Waals surface area contributed by atoms with Gasteiger partial charge in [-0.3, -0.25) is 0 Å². The van der Waals surface area contributed by atoms with Gasteiger partial charge in [0, 0.05) is 120 Å². The van der Waals surface area contributed by atoms with Crippen molar-refractivity contribution in [3.05, 3.63) is 0 Å². The largest absolute Gasteiger partial charge is 0 e. The molecule has 0 atom stereocenters. The minimum absolute atomic E-state index is 0. The molecule has 0 rings (SSSR count). The van der Waals surface area contributed by atoms with E-state index in [9.17, 15) is 0 Å². The second kappa shape index (κ2) is 15.8. The minimum Gasteiger partial charge on any atom is 0 e. The Kier molecular flexibility index (Phi) is 97.8. The van der Waals surface area contributed by atoms with Crippen molar-refractivity contribution in [1.29, 1.82) is 0 Å². The first-order chi connectivity index (χ1) is 0. The van der Waals surface area contributed by atoms with Gasteiger partial charge in [0.2, 0.25) is 0 Å². The number of rotatable bonds is 0. The van der Waals surface area contributed by atoms with E-state index in [2.05, 4.69) is 0 Å². The van der Waals surface area contributed by atoms with E-state index in [0.29, 0.717) is 0 Å². The first kappa shape index (κ1) is 24.8. The van der Waals surface area contributed by atoms with E-state index in [-0.39, 0.29) is 120 Å². The maximum Gasteiger partial charge on any atom is 0 e. The minimum atomic E-state index is 0. The summed E-state index contributed by atoms with van der Waals surface area (Å²) in [6, 6.07) is 0. The van der Waals surface area contributed by atoms with Gasteiger partial charge < -0.3 is 0 Å². The quantitative estimate of drug-likeness (QED) is 0.495. The van der Waals surface area contributed by atoms with Crippen LogP contribution in [0.1, 0.15) is 0 Å². The van der Waals surface area contributed by atoms with Crippen LogP contribution >= 0.6 is 0 Å². The SMILES string of the molecule is [Ca].[Fe].[Sr].[Zn]. The van der Waals surface area contributed by atoms with Crippen molar-refractivity contribution < 1.29 is 36.5 Å². The molecule has 0 aromatic carbocycles. The summed E-state index contributed by atoms with van der Waals surface area (Å²) in [6.45, 7) is 0. The van der Waals surface area contributed by atoms with Crippen molar-refractivity contribution in [2.45, 2.75) is 0 Å². The zero-order valence-corrected chi connectivity index (χ0v) is 12.2. The summed E-state index contributed by atoms with van der Waals surface area (Å²) in [5.74, 6) is 0. The fourth-order valence-electron chi connectivity index (χ4n) is 0. The van der Waals surface area contributed by atoms with Crippen LogP contribution in [0.2, 0.25) is 0 Å². The van der Waals surface area contributed by atoms with E-state index < -0.39 is 0 Å². The Balaban J connectivity index is 0. The van der Waals surface area contributed by atoms with Crippen LogP contribution < -0.4 is 0 Å². The third-order valence-electron chi connectivity index (χ3n) is 0. The third kappa shape index (κ3) is 9.30. The predicted molar refractivity (Wildman–Crippen MR) is 11.5 cm³/mol. The van der Waals surface area contributed by atoms with Crippen molar-refractivity contribution in [2.24, 2.45) is 0 Å². The molecule has 4 heavy (non-hydrogen) atoms. The van der Waals surface area contributed by atoms with Crippen molar-refractivity contribution in [1.82, 2.24) is 0 Å². The molecule has 0 aliphatic carbocycles. The molecule has 0 saturated carbocycles. The maximum absolute atomic E-state index is 0. The van der Waals surface area contributed by atoms with E-state index in [4.69, 9.17) is 0 Å². The Morgan fingerprint density at radius 3 is 1.00 bits per heavy atom. The predicted octanol–water partition coefficient (Wildman–Crippen LogP) is -0.767. The molecule has 0 saturated heterocycles. The van der Waals surface area contributed by atoms with Gasteiger partial charge in [-0.2, -0.15) is 0 Å². The topological polar surface area (TPSA) is 0 Å². The van der Waals surface area contributed by atoms with Gasteiger partial charge in [0.1, 0.15) is 0 Å². The Labute approximate surface area is 116 Å². The van der Waals surface area contributed by atoms with Gasteiger partial charge >= 0.3 is 0 Å². The molecule has 0 fully saturated rings. The van der Waals surface area contributed by atoms with Crippen LogP contribution in [0.25, 0.3) is 0 Å². The smallest absolute Gasteiger partial charge is 0 e. The van der Waals surface area contributed by atoms with E-state index in [1.165, 1.54) is 0 Å². The second-order valence-corrected chi connectivity index (χ2v) is 0. The summed E-state index contributed by atoms with van der Waals surface area (Å²) in [7, 11) is 0. The molecule has 0 aliphatic heterocycles. The second-order valence-electron chi connectivity index (χ2n) is 0. The summed E-state index contributed by atoms with van der Waals surface area (Å²) >= 11 is 0. The van der Waals surface area contributed by atoms with Gasteiger partial charge in [-0.05, 0) is 0 Å². The van der Waals surface area contributed by atoms with Crippen LogP contribution in [0.15, 0.2) is 0 Å². The van der Waals surface area contributed by atoms with Gasteiger partial charge in [0.05, 0.1) is 0 Å². The molecule has 0 heterocycles. The average molecular weight is 249 g/mol. The Morgan fingerprint density at radius 2 is 1.00 bits per heavy atom. The third-order valence-corrected chi connectivity index (χ3v) is 0. The van der Waals surface area contributed by atoms with Crippen LogP contribution in [0.4, 0.5) is 0 Å². The van der Waals surface area contributed by atoms with Crippen molar-refractivity contribution in [3.8, 4) is 0 Å². The molecule has 0 N–H and O–H groups in total. The Morgan fingerprint density at radius 1 is 1.00 bits per heavy atom. The normalized spacial score (nSPS) is 0. The monoisotopic (exact) mass is 248 g/mol. The zero-order valence-electron chi connectivity index (χ0n) is 2.47. The summed E-state index contributed by atoms with van der Waals surface area (Å²) in [6.07, 6.45) is 0.